The molecule has 0 aromatic heterocycles. The van der Waals surface area contributed by atoms with Gasteiger partial charge in [0.05, 0.1) is 26.4 Å². The second kappa shape index (κ2) is 12.5. The molecule has 0 fully saturated rings. The molecule has 0 spiro atoms. The average molecular weight is 360 g/mol. The summed E-state index contributed by atoms with van der Waals surface area (Å²) in [6.45, 7) is 9.75. The minimum absolute atomic E-state index is 0.382. The van der Waals surface area contributed by atoms with Gasteiger partial charge in [0.15, 0.2) is 5.96 Å². The summed E-state index contributed by atoms with van der Waals surface area (Å²) in [5.41, 5.74) is 2.68. The van der Waals surface area contributed by atoms with E-state index in [4.69, 9.17) is 14.5 Å². The van der Waals surface area contributed by atoms with E-state index in [0.717, 1.165) is 51.6 Å². The molecule has 1 aromatic carbocycles. The highest BCUT2D eigenvalue weighted by Crippen LogP contribution is 2.10. The summed E-state index contributed by atoms with van der Waals surface area (Å²) in [7, 11) is 0. The van der Waals surface area contributed by atoms with Gasteiger partial charge in [-0.25, -0.2) is 0 Å². The van der Waals surface area contributed by atoms with E-state index in [9.17, 15) is 0 Å². The van der Waals surface area contributed by atoms with Crippen LogP contribution in [0.25, 0.3) is 0 Å². The number of nitrogens with one attached hydrogen (secondary N) is 2. The minimum atomic E-state index is 0.382. The van der Waals surface area contributed by atoms with Crippen molar-refractivity contribution in [3.05, 3.63) is 47.5 Å². The Labute approximate surface area is 157 Å². The lowest BCUT2D eigenvalue weighted by molar-refractivity contribution is 0.0945. The first-order chi connectivity index (χ1) is 12.8. The maximum atomic E-state index is 5.80. The third-order valence-corrected chi connectivity index (χ3v) is 4.22. The Morgan fingerprint density at radius 1 is 1.27 bits per heavy atom. The lowest BCUT2D eigenvalue weighted by Crippen LogP contribution is -2.38. The van der Waals surface area contributed by atoms with Crippen molar-refractivity contribution in [2.24, 2.45) is 10.9 Å². The number of hydrogen-bond acceptors (Lipinski definition) is 3. The van der Waals surface area contributed by atoms with Crippen LogP contribution >= 0.6 is 0 Å². The first-order valence-electron chi connectivity index (χ1n) is 9.67. The Bertz CT molecular complexity index is 558. The normalized spacial score (nSPS) is 16.1. The van der Waals surface area contributed by atoms with Crippen molar-refractivity contribution in [1.82, 2.24) is 10.6 Å². The summed E-state index contributed by atoms with van der Waals surface area (Å²) in [5.74, 6) is 1.27. The van der Waals surface area contributed by atoms with Crippen molar-refractivity contribution < 1.29 is 9.47 Å². The Hall–Kier alpha value is -1.85. The molecular weight excluding hydrogens is 326 g/mol. The van der Waals surface area contributed by atoms with Gasteiger partial charge in [0.2, 0.25) is 0 Å². The summed E-state index contributed by atoms with van der Waals surface area (Å²) >= 11 is 0. The van der Waals surface area contributed by atoms with Gasteiger partial charge in [0.25, 0.3) is 0 Å². The molecule has 5 heteroatoms. The number of nitrogens with zero attached hydrogens (tertiary/aromatic N) is 1. The molecule has 0 saturated heterocycles. The zero-order chi connectivity index (χ0) is 18.5. The molecule has 1 aliphatic rings. The van der Waals surface area contributed by atoms with Crippen LogP contribution in [0.3, 0.4) is 0 Å². The first kappa shape index (κ1) is 20.5. The minimum Gasteiger partial charge on any atom is -0.377 e. The maximum Gasteiger partial charge on any atom is 0.191 e. The van der Waals surface area contributed by atoms with Gasteiger partial charge in [-0.3, -0.25) is 4.99 Å². The van der Waals surface area contributed by atoms with Crippen LogP contribution < -0.4 is 10.6 Å². The highest BCUT2D eigenvalue weighted by atomic mass is 16.5. The monoisotopic (exact) mass is 359 g/mol. The standard InChI is InChI=1S/C21H33N3O2/c1-3-22-21(23-12-9-19-10-13-25-14-11-19)24-15-18(2)16-26-17-20-7-5-4-6-8-20/h4-8,10,18H,3,9,11-17H2,1-2H3,(H2,22,23,24). The number of benzene rings is 1. The summed E-state index contributed by atoms with van der Waals surface area (Å²) in [6, 6.07) is 10.3. The number of rotatable bonds is 10. The number of guanidine groups is 1. The molecule has 1 atom stereocenters. The second-order valence-corrected chi connectivity index (χ2v) is 6.69. The number of aliphatic imine (C=N–C) groups is 1. The van der Waals surface area contributed by atoms with E-state index >= 15 is 0 Å². The molecule has 144 valence electrons. The summed E-state index contributed by atoms with van der Waals surface area (Å²) in [4.78, 5) is 4.69. The quantitative estimate of drug-likeness (QED) is 0.383. The molecule has 1 heterocycles. The van der Waals surface area contributed by atoms with Crippen LogP contribution in [-0.2, 0) is 16.1 Å². The van der Waals surface area contributed by atoms with E-state index < -0.39 is 0 Å². The fraction of sp³-hybridized carbons (Fsp3) is 0.571. The van der Waals surface area contributed by atoms with Crippen LogP contribution in [0.2, 0.25) is 0 Å². The fourth-order valence-corrected chi connectivity index (χ4v) is 2.73. The van der Waals surface area contributed by atoms with Crippen molar-refractivity contribution in [3.63, 3.8) is 0 Å². The molecule has 0 aliphatic carbocycles. The van der Waals surface area contributed by atoms with Gasteiger partial charge >= 0.3 is 0 Å². The van der Waals surface area contributed by atoms with Crippen LogP contribution in [0, 0.1) is 5.92 Å². The summed E-state index contributed by atoms with van der Waals surface area (Å²) in [5, 5.41) is 6.73. The molecule has 2 N–H and O–H groups in total. The predicted molar refractivity (Wildman–Crippen MR) is 107 cm³/mol. The molecule has 26 heavy (non-hydrogen) atoms. The van der Waals surface area contributed by atoms with E-state index in [1.54, 1.807) is 0 Å². The van der Waals surface area contributed by atoms with E-state index in [-0.39, 0.29) is 0 Å². The van der Waals surface area contributed by atoms with Crippen molar-refractivity contribution in [2.75, 3.05) is 39.5 Å². The van der Waals surface area contributed by atoms with Crippen LogP contribution in [0.1, 0.15) is 32.3 Å². The van der Waals surface area contributed by atoms with Crippen LogP contribution in [0.5, 0.6) is 0 Å². The molecule has 1 unspecified atom stereocenters. The van der Waals surface area contributed by atoms with Crippen LogP contribution in [-0.4, -0.2) is 45.4 Å². The van der Waals surface area contributed by atoms with E-state index in [0.29, 0.717) is 19.1 Å². The van der Waals surface area contributed by atoms with Crippen molar-refractivity contribution in [3.8, 4) is 0 Å². The Morgan fingerprint density at radius 3 is 2.85 bits per heavy atom. The Kier molecular flexibility index (Phi) is 9.83. The molecule has 0 amide bonds. The lowest BCUT2D eigenvalue weighted by Gasteiger charge is -2.16. The van der Waals surface area contributed by atoms with Gasteiger partial charge < -0.3 is 20.1 Å². The topological polar surface area (TPSA) is 54.9 Å². The Balaban J connectivity index is 1.66. The molecule has 0 saturated carbocycles. The third kappa shape index (κ3) is 8.50. The van der Waals surface area contributed by atoms with Gasteiger partial charge in [0.1, 0.15) is 0 Å². The highest BCUT2D eigenvalue weighted by molar-refractivity contribution is 5.79. The zero-order valence-corrected chi connectivity index (χ0v) is 16.2. The van der Waals surface area contributed by atoms with Crippen molar-refractivity contribution in [2.45, 2.75) is 33.3 Å². The molecule has 1 aromatic rings. The summed E-state index contributed by atoms with van der Waals surface area (Å²) in [6.07, 6.45) is 4.29. The highest BCUT2D eigenvalue weighted by Gasteiger charge is 2.06. The summed E-state index contributed by atoms with van der Waals surface area (Å²) < 4.78 is 11.2. The van der Waals surface area contributed by atoms with Gasteiger partial charge in [-0.15, -0.1) is 0 Å². The molecule has 2 rings (SSSR count). The van der Waals surface area contributed by atoms with Gasteiger partial charge in [-0.05, 0) is 31.2 Å². The van der Waals surface area contributed by atoms with Crippen molar-refractivity contribution >= 4 is 5.96 Å². The Morgan fingerprint density at radius 2 is 2.12 bits per heavy atom. The second-order valence-electron chi connectivity index (χ2n) is 6.69. The predicted octanol–water partition coefficient (Wildman–Crippen LogP) is 3.13. The average Bonchev–Trinajstić information content (AvgIpc) is 2.68. The van der Waals surface area contributed by atoms with E-state index in [2.05, 4.69) is 42.7 Å². The third-order valence-electron chi connectivity index (χ3n) is 4.22. The molecule has 0 radical (unpaired) electrons. The van der Waals surface area contributed by atoms with Gasteiger partial charge in [0, 0.05) is 19.6 Å². The SMILES string of the molecule is CCNC(=NCC(C)COCc1ccccc1)NCCC1=CCOCC1. The number of hydrogen-bond donors (Lipinski definition) is 2. The fourth-order valence-electron chi connectivity index (χ4n) is 2.73. The van der Waals surface area contributed by atoms with Gasteiger partial charge in [-0.2, -0.15) is 0 Å². The number of ether oxygens (including phenoxy) is 2. The van der Waals surface area contributed by atoms with Gasteiger partial charge in [-0.1, -0.05) is 48.9 Å². The van der Waals surface area contributed by atoms with Crippen molar-refractivity contribution in [1.29, 1.82) is 0 Å². The van der Waals surface area contributed by atoms with Crippen LogP contribution in [0.4, 0.5) is 0 Å². The maximum absolute atomic E-state index is 5.80. The van der Waals surface area contributed by atoms with E-state index in [1.807, 2.05) is 18.2 Å². The lowest BCUT2D eigenvalue weighted by atomic mass is 10.1. The van der Waals surface area contributed by atoms with Crippen LogP contribution in [0.15, 0.2) is 47.0 Å². The van der Waals surface area contributed by atoms with E-state index in [1.165, 1.54) is 11.1 Å². The first-order valence-corrected chi connectivity index (χ1v) is 9.67. The molecular formula is C21H33N3O2. The molecule has 1 aliphatic heterocycles. The largest absolute Gasteiger partial charge is 0.377 e. The molecule has 5 nitrogen and oxygen atoms in total. The zero-order valence-electron chi connectivity index (χ0n) is 16.2. The molecule has 0 bridgehead atoms. The smallest absolute Gasteiger partial charge is 0.191 e.